The van der Waals surface area contributed by atoms with Crippen LogP contribution in [0.5, 0.6) is 11.6 Å². The molecule has 2 N–H and O–H groups in total. The highest BCUT2D eigenvalue weighted by atomic mass is 16.5. The summed E-state index contributed by atoms with van der Waals surface area (Å²) in [7, 11) is 0. The Kier molecular flexibility index (Phi) is 5.07. The van der Waals surface area contributed by atoms with Gasteiger partial charge in [0.25, 0.3) is 0 Å². The highest BCUT2D eigenvalue weighted by Crippen LogP contribution is 2.35. The maximum atomic E-state index is 6.36. The fourth-order valence-corrected chi connectivity index (χ4v) is 2.81. The molecule has 1 heterocycles. The Morgan fingerprint density at radius 3 is 2.50 bits per heavy atom. The average molecular weight is 348 g/mol. The van der Waals surface area contributed by atoms with Gasteiger partial charge in [-0.05, 0) is 68.7 Å². The molecule has 5 heteroatoms. The van der Waals surface area contributed by atoms with Crippen molar-refractivity contribution in [2.75, 3.05) is 17.2 Å². The molecule has 0 spiro atoms. The first kappa shape index (κ1) is 17.7. The SMILES string of the molecule is CCN(c1cccc(C)c1)c1ncnc(Oc2ccc(C)c(C)c2)c1N. The van der Waals surface area contributed by atoms with Gasteiger partial charge in [0, 0.05) is 12.2 Å². The second kappa shape index (κ2) is 7.44. The number of nitrogens with zero attached hydrogens (tertiary/aromatic N) is 3. The molecule has 0 unspecified atom stereocenters. The van der Waals surface area contributed by atoms with Gasteiger partial charge in [0.2, 0.25) is 5.88 Å². The molecule has 0 amide bonds. The van der Waals surface area contributed by atoms with Crippen LogP contribution in [0.15, 0.2) is 48.8 Å². The van der Waals surface area contributed by atoms with Gasteiger partial charge in [-0.1, -0.05) is 18.2 Å². The normalized spacial score (nSPS) is 10.6. The van der Waals surface area contributed by atoms with Crippen LogP contribution in [0.2, 0.25) is 0 Å². The summed E-state index contributed by atoms with van der Waals surface area (Å²) in [5.41, 5.74) is 11.4. The minimum absolute atomic E-state index is 0.365. The minimum atomic E-state index is 0.365. The third-order valence-electron chi connectivity index (χ3n) is 4.40. The van der Waals surface area contributed by atoms with E-state index in [2.05, 4.69) is 47.8 Å². The van der Waals surface area contributed by atoms with Crippen LogP contribution in [0.3, 0.4) is 0 Å². The van der Waals surface area contributed by atoms with Crippen molar-refractivity contribution in [1.29, 1.82) is 0 Å². The summed E-state index contributed by atoms with van der Waals surface area (Å²) >= 11 is 0. The van der Waals surface area contributed by atoms with Crippen LogP contribution in [0, 0.1) is 20.8 Å². The summed E-state index contributed by atoms with van der Waals surface area (Å²) in [5.74, 6) is 1.72. The number of anilines is 3. The topological polar surface area (TPSA) is 64.3 Å². The molecular formula is C21H24N4O. The number of benzene rings is 2. The lowest BCUT2D eigenvalue weighted by Gasteiger charge is -2.24. The number of nitrogen functional groups attached to an aromatic ring is 1. The van der Waals surface area contributed by atoms with Crippen LogP contribution < -0.4 is 15.4 Å². The first-order valence-electron chi connectivity index (χ1n) is 8.69. The standard InChI is InChI=1S/C21H24N4O/c1-5-25(17-8-6-7-14(2)11-17)20-19(22)21(24-13-23-20)26-18-10-9-15(3)16(4)12-18/h6-13H,5,22H2,1-4H3. The number of nitrogens with two attached hydrogens (primary N) is 1. The van der Waals surface area contributed by atoms with Gasteiger partial charge in [-0.25, -0.2) is 4.98 Å². The van der Waals surface area contributed by atoms with Crippen molar-refractivity contribution in [1.82, 2.24) is 9.97 Å². The number of hydrogen-bond acceptors (Lipinski definition) is 5. The zero-order valence-corrected chi connectivity index (χ0v) is 15.7. The van der Waals surface area contributed by atoms with Crippen LogP contribution >= 0.6 is 0 Å². The summed E-state index contributed by atoms with van der Waals surface area (Å²) in [6.45, 7) is 8.97. The van der Waals surface area contributed by atoms with Crippen molar-refractivity contribution in [3.8, 4) is 11.6 Å². The molecule has 2 aromatic carbocycles. The van der Waals surface area contributed by atoms with Gasteiger partial charge in [0.05, 0.1) is 0 Å². The monoisotopic (exact) mass is 348 g/mol. The molecule has 3 rings (SSSR count). The van der Waals surface area contributed by atoms with E-state index in [-0.39, 0.29) is 0 Å². The lowest BCUT2D eigenvalue weighted by molar-refractivity contribution is 0.464. The Morgan fingerprint density at radius 1 is 1.00 bits per heavy atom. The van der Waals surface area contributed by atoms with Gasteiger partial charge in [0.15, 0.2) is 5.82 Å². The number of rotatable bonds is 5. The van der Waals surface area contributed by atoms with Crippen LogP contribution in [-0.4, -0.2) is 16.5 Å². The highest BCUT2D eigenvalue weighted by molar-refractivity contribution is 5.74. The summed E-state index contributed by atoms with van der Waals surface area (Å²) in [6, 6.07) is 14.2. The largest absolute Gasteiger partial charge is 0.437 e. The van der Waals surface area contributed by atoms with Gasteiger partial charge < -0.3 is 15.4 Å². The Bertz CT molecular complexity index is 924. The van der Waals surface area contributed by atoms with Crippen molar-refractivity contribution in [3.63, 3.8) is 0 Å². The third-order valence-corrected chi connectivity index (χ3v) is 4.40. The van der Waals surface area contributed by atoms with E-state index in [1.54, 1.807) is 0 Å². The second-order valence-electron chi connectivity index (χ2n) is 6.35. The first-order chi connectivity index (χ1) is 12.5. The maximum absolute atomic E-state index is 6.36. The molecule has 3 aromatic rings. The average Bonchev–Trinajstić information content (AvgIpc) is 2.62. The first-order valence-corrected chi connectivity index (χ1v) is 8.69. The summed E-state index contributed by atoms with van der Waals surface area (Å²) < 4.78 is 5.94. The molecule has 0 bridgehead atoms. The fourth-order valence-electron chi connectivity index (χ4n) is 2.81. The Balaban J connectivity index is 1.96. The number of aromatic nitrogens is 2. The molecule has 26 heavy (non-hydrogen) atoms. The van der Waals surface area contributed by atoms with E-state index in [0.717, 1.165) is 17.8 Å². The maximum Gasteiger partial charge on any atom is 0.248 e. The van der Waals surface area contributed by atoms with E-state index < -0.39 is 0 Å². The molecule has 0 fully saturated rings. The van der Waals surface area contributed by atoms with E-state index in [0.29, 0.717) is 23.1 Å². The lowest BCUT2D eigenvalue weighted by Crippen LogP contribution is -2.19. The third kappa shape index (κ3) is 3.61. The molecular weight excluding hydrogens is 324 g/mol. The molecule has 0 aliphatic heterocycles. The molecule has 0 saturated heterocycles. The van der Waals surface area contributed by atoms with Crippen molar-refractivity contribution in [2.45, 2.75) is 27.7 Å². The molecule has 0 saturated carbocycles. The Morgan fingerprint density at radius 2 is 1.81 bits per heavy atom. The van der Waals surface area contributed by atoms with E-state index >= 15 is 0 Å². The molecule has 134 valence electrons. The summed E-state index contributed by atoms with van der Waals surface area (Å²) in [5, 5.41) is 0. The Labute approximate surface area is 154 Å². The summed E-state index contributed by atoms with van der Waals surface area (Å²) in [6.07, 6.45) is 1.49. The van der Waals surface area contributed by atoms with E-state index in [4.69, 9.17) is 10.5 Å². The number of ether oxygens (including phenoxy) is 1. The molecule has 0 radical (unpaired) electrons. The van der Waals surface area contributed by atoms with E-state index in [1.165, 1.54) is 17.5 Å². The molecule has 0 aliphatic rings. The van der Waals surface area contributed by atoms with Crippen LogP contribution in [-0.2, 0) is 0 Å². The smallest absolute Gasteiger partial charge is 0.248 e. The van der Waals surface area contributed by atoms with Gasteiger partial charge in [-0.3, -0.25) is 0 Å². The predicted octanol–water partition coefficient (Wildman–Crippen LogP) is 4.93. The van der Waals surface area contributed by atoms with Gasteiger partial charge in [-0.2, -0.15) is 4.98 Å². The minimum Gasteiger partial charge on any atom is -0.437 e. The van der Waals surface area contributed by atoms with Crippen LogP contribution in [0.4, 0.5) is 17.2 Å². The van der Waals surface area contributed by atoms with Gasteiger partial charge in [0.1, 0.15) is 17.8 Å². The van der Waals surface area contributed by atoms with Crippen molar-refractivity contribution >= 4 is 17.2 Å². The number of hydrogen-bond donors (Lipinski definition) is 1. The molecule has 0 atom stereocenters. The second-order valence-corrected chi connectivity index (χ2v) is 6.35. The molecule has 0 aliphatic carbocycles. The zero-order valence-electron chi connectivity index (χ0n) is 15.7. The van der Waals surface area contributed by atoms with Gasteiger partial charge in [-0.15, -0.1) is 0 Å². The van der Waals surface area contributed by atoms with Crippen LogP contribution in [0.1, 0.15) is 23.6 Å². The van der Waals surface area contributed by atoms with E-state index in [1.807, 2.05) is 37.3 Å². The van der Waals surface area contributed by atoms with Crippen molar-refractivity contribution in [3.05, 3.63) is 65.5 Å². The quantitative estimate of drug-likeness (QED) is 0.708. The van der Waals surface area contributed by atoms with Gasteiger partial charge >= 0.3 is 0 Å². The van der Waals surface area contributed by atoms with E-state index in [9.17, 15) is 0 Å². The number of aryl methyl sites for hydroxylation is 3. The highest BCUT2D eigenvalue weighted by Gasteiger charge is 2.17. The predicted molar refractivity (Wildman–Crippen MR) is 106 cm³/mol. The zero-order chi connectivity index (χ0) is 18.7. The van der Waals surface area contributed by atoms with Crippen molar-refractivity contribution < 1.29 is 4.74 Å². The van der Waals surface area contributed by atoms with Crippen LogP contribution in [0.25, 0.3) is 0 Å². The van der Waals surface area contributed by atoms with Crippen molar-refractivity contribution in [2.24, 2.45) is 0 Å². The summed E-state index contributed by atoms with van der Waals surface area (Å²) in [4.78, 5) is 10.7. The fraction of sp³-hybridized carbons (Fsp3) is 0.238. The molecule has 1 aromatic heterocycles. The Hall–Kier alpha value is -3.08. The molecule has 5 nitrogen and oxygen atoms in total. The lowest BCUT2D eigenvalue weighted by atomic mass is 10.1.